The smallest absolute Gasteiger partial charge is 0.0192 e. The lowest BCUT2D eigenvalue weighted by atomic mass is 9.97. The van der Waals surface area contributed by atoms with Gasteiger partial charge >= 0.3 is 0 Å². The molecule has 64 valence electrons. The summed E-state index contributed by atoms with van der Waals surface area (Å²) in [6, 6.07) is 0. The summed E-state index contributed by atoms with van der Waals surface area (Å²) in [5, 5.41) is 3.31. The van der Waals surface area contributed by atoms with Gasteiger partial charge in [0.25, 0.3) is 0 Å². The number of rotatable bonds is 3. The van der Waals surface area contributed by atoms with E-state index in [1.54, 1.807) is 6.08 Å². The van der Waals surface area contributed by atoms with Crippen molar-refractivity contribution in [2.24, 2.45) is 5.41 Å². The molecule has 11 heavy (non-hydrogen) atoms. The maximum atomic E-state index is 3.63. The minimum absolute atomic E-state index is 0.344. The molecule has 0 unspecified atom stereocenters. The standard InChI is InChI=1S/C10H19N/c1-6-7-9(2)11-8-10(3,4)5/h6-7,11H,1,8H2,2-5H3/b9-7-. The van der Waals surface area contributed by atoms with Gasteiger partial charge in [-0.05, 0) is 18.4 Å². The summed E-state index contributed by atoms with van der Waals surface area (Å²) in [4.78, 5) is 0. The average Bonchev–Trinajstić information content (AvgIpc) is 1.83. The first-order valence-corrected chi connectivity index (χ1v) is 3.99. The predicted molar refractivity (Wildman–Crippen MR) is 51.4 cm³/mol. The molecule has 1 nitrogen and oxygen atoms in total. The van der Waals surface area contributed by atoms with Gasteiger partial charge in [0.1, 0.15) is 0 Å². The van der Waals surface area contributed by atoms with Gasteiger partial charge in [0, 0.05) is 12.2 Å². The summed E-state index contributed by atoms with van der Waals surface area (Å²) in [7, 11) is 0. The minimum Gasteiger partial charge on any atom is -0.388 e. The Morgan fingerprint density at radius 1 is 1.45 bits per heavy atom. The van der Waals surface area contributed by atoms with E-state index in [4.69, 9.17) is 0 Å². The zero-order valence-corrected chi connectivity index (χ0v) is 8.07. The highest BCUT2D eigenvalue weighted by Crippen LogP contribution is 2.10. The van der Waals surface area contributed by atoms with Crippen molar-refractivity contribution >= 4 is 0 Å². The van der Waals surface area contributed by atoms with Crippen LogP contribution in [0, 0.1) is 5.41 Å². The van der Waals surface area contributed by atoms with Crippen molar-refractivity contribution in [3.8, 4) is 0 Å². The average molecular weight is 153 g/mol. The maximum Gasteiger partial charge on any atom is 0.0192 e. The van der Waals surface area contributed by atoms with E-state index in [0.717, 1.165) is 6.54 Å². The fraction of sp³-hybridized carbons (Fsp3) is 0.600. The van der Waals surface area contributed by atoms with Crippen molar-refractivity contribution < 1.29 is 0 Å². The van der Waals surface area contributed by atoms with Gasteiger partial charge < -0.3 is 5.32 Å². The second-order valence-electron chi connectivity index (χ2n) is 4.00. The quantitative estimate of drug-likeness (QED) is 0.615. The number of nitrogens with one attached hydrogen (secondary N) is 1. The molecule has 0 atom stereocenters. The SMILES string of the molecule is C=C/C=C(/C)NCC(C)(C)C. The molecule has 0 aliphatic rings. The molecule has 0 aromatic heterocycles. The van der Waals surface area contributed by atoms with Gasteiger partial charge in [0.2, 0.25) is 0 Å². The summed E-state index contributed by atoms with van der Waals surface area (Å²) in [6.07, 6.45) is 3.77. The van der Waals surface area contributed by atoms with Crippen molar-refractivity contribution in [2.45, 2.75) is 27.7 Å². The normalized spacial score (nSPS) is 12.9. The third kappa shape index (κ3) is 7.17. The minimum atomic E-state index is 0.344. The van der Waals surface area contributed by atoms with Gasteiger partial charge in [-0.3, -0.25) is 0 Å². The molecule has 0 heterocycles. The number of allylic oxidation sites excluding steroid dienone is 3. The lowest BCUT2D eigenvalue weighted by molar-refractivity contribution is 0.397. The van der Waals surface area contributed by atoms with Crippen molar-refractivity contribution in [2.75, 3.05) is 6.54 Å². The highest BCUT2D eigenvalue weighted by molar-refractivity contribution is 5.05. The molecule has 0 saturated carbocycles. The second kappa shape index (κ2) is 4.22. The van der Waals surface area contributed by atoms with Gasteiger partial charge in [0.05, 0.1) is 0 Å². The Balaban J connectivity index is 3.71. The van der Waals surface area contributed by atoms with E-state index >= 15 is 0 Å². The second-order valence-corrected chi connectivity index (χ2v) is 4.00. The van der Waals surface area contributed by atoms with Gasteiger partial charge in [-0.15, -0.1) is 0 Å². The molecular weight excluding hydrogens is 134 g/mol. The Kier molecular flexibility index (Phi) is 3.94. The fourth-order valence-corrected chi connectivity index (χ4v) is 0.640. The van der Waals surface area contributed by atoms with Crippen LogP contribution in [-0.4, -0.2) is 6.54 Å². The number of hydrogen-bond acceptors (Lipinski definition) is 1. The molecule has 0 aliphatic heterocycles. The van der Waals surface area contributed by atoms with Crippen LogP contribution in [0.5, 0.6) is 0 Å². The van der Waals surface area contributed by atoms with Crippen LogP contribution in [-0.2, 0) is 0 Å². The molecule has 0 bridgehead atoms. The maximum absolute atomic E-state index is 3.63. The first kappa shape index (κ1) is 10.3. The van der Waals surface area contributed by atoms with Crippen molar-refractivity contribution in [3.63, 3.8) is 0 Å². The Morgan fingerprint density at radius 3 is 2.36 bits per heavy atom. The largest absolute Gasteiger partial charge is 0.388 e. The predicted octanol–water partition coefficient (Wildman–Crippen LogP) is 2.71. The van der Waals surface area contributed by atoms with E-state index in [1.807, 2.05) is 13.0 Å². The van der Waals surface area contributed by atoms with E-state index in [0.29, 0.717) is 5.41 Å². The Hall–Kier alpha value is -0.720. The first-order chi connectivity index (χ1) is 4.95. The topological polar surface area (TPSA) is 12.0 Å². The van der Waals surface area contributed by atoms with E-state index < -0.39 is 0 Å². The van der Waals surface area contributed by atoms with Gasteiger partial charge in [0.15, 0.2) is 0 Å². The van der Waals surface area contributed by atoms with Crippen LogP contribution in [0.1, 0.15) is 27.7 Å². The molecule has 0 aromatic carbocycles. The first-order valence-electron chi connectivity index (χ1n) is 3.99. The molecule has 0 aromatic rings. The fourth-order valence-electron chi connectivity index (χ4n) is 0.640. The molecule has 1 heteroatoms. The summed E-state index contributed by atoms with van der Waals surface area (Å²) >= 11 is 0. The van der Waals surface area contributed by atoms with Crippen LogP contribution in [0.4, 0.5) is 0 Å². The lowest BCUT2D eigenvalue weighted by Gasteiger charge is -2.19. The molecule has 0 aliphatic carbocycles. The van der Waals surface area contributed by atoms with Crippen LogP contribution in [0.15, 0.2) is 24.4 Å². The molecule has 1 N–H and O–H groups in total. The third-order valence-corrected chi connectivity index (χ3v) is 1.27. The lowest BCUT2D eigenvalue weighted by Crippen LogP contribution is -2.25. The highest BCUT2D eigenvalue weighted by atomic mass is 14.9. The Labute approximate surface area is 70.2 Å². The highest BCUT2D eigenvalue weighted by Gasteiger charge is 2.08. The van der Waals surface area contributed by atoms with Gasteiger partial charge in [-0.25, -0.2) is 0 Å². The Morgan fingerprint density at radius 2 is 2.00 bits per heavy atom. The van der Waals surface area contributed by atoms with Crippen molar-refractivity contribution in [1.29, 1.82) is 0 Å². The molecule has 0 rings (SSSR count). The van der Waals surface area contributed by atoms with Crippen LogP contribution >= 0.6 is 0 Å². The van der Waals surface area contributed by atoms with Crippen molar-refractivity contribution in [3.05, 3.63) is 24.4 Å². The van der Waals surface area contributed by atoms with Crippen LogP contribution in [0.25, 0.3) is 0 Å². The van der Waals surface area contributed by atoms with Crippen LogP contribution in [0.3, 0.4) is 0 Å². The molecule has 0 spiro atoms. The van der Waals surface area contributed by atoms with E-state index in [1.165, 1.54) is 5.70 Å². The molecule has 0 saturated heterocycles. The van der Waals surface area contributed by atoms with Gasteiger partial charge in [-0.2, -0.15) is 0 Å². The van der Waals surface area contributed by atoms with E-state index in [9.17, 15) is 0 Å². The van der Waals surface area contributed by atoms with Gasteiger partial charge in [-0.1, -0.05) is 33.4 Å². The molecular formula is C10H19N. The zero-order chi connectivity index (χ0) is 8.91. The van der Waals surface area contributed by atoms with E-state index in [-0.39, 0.29) is 0 Å². The zero-order valence-electron chi connectivity index (χ0n) is 8.07. The third-order valence-electron chi connectivity index (χ3n) is 1.27. The van der Waals surface area contributed by atoms with E-state index in [2.05, 4.69) is 32.7 Å². The molecule has 0 fully saturated rings. The van der Waals surface area contributed by atoms with Crippen LogP contribution in [0.2, 0.25) is 0 Å². The Bertz CT molecular complexity index is 149. The van der Waals surface area contributed by atoms with Crippen LogP contribution < -0.4 is 5.32 Å². The molecule has 0 amide bonds. The monoisotopic (exact) mass is 153 g/mol. The number of hydrogen-bond donors (Lipinski definition) is 1. The summed E-state index contributed by atoms with van der Waals surface area (Å²) in [5.41, 5.74) is 1.52. The molecule has 0 radical (unpaired) electrons. The van der Waals surface area contributed by atoms with Crippen molar-refractivity contribution in [1.82, 2.24) is 5.32 Å². The summed E-state index contributed by atoms with van der Waals surface area (Å²) in [5.74, 6) is 0. The summed E-state index contributed by atoms with van der Waals surface area (Å²) < 4.78 is 0. The summed E-state index contributed by atoms with van der Waals surface area (Å²) in [6.45, 7) is 13.3.